The van der Waals surface area contributed by atoms with E-state index in [0.717, 1.165) is 45.0 Å². The van der Waals surface area contributed by atoms with Crippen LogP contribution in [0.4, 0.5) is 0 Å². The van der Waals surface area contributed by atoms with Gasteiger partial charge in [0.1, 0.15) is 0 Å². The van der Waals surface area contributed by atoms with Gasteiger partial charge < -0.3 is 15.5 Å². The van der Waals surface area contributed by atoms with Crippen molar-refractivity contribution in [2.45, 2.75) is 32.7 Å². The fraction of sp³-hybridized carbons (Fsp3) is 0.625. The van der Waals surface area contributed by atoms with Crippen molar-refractivity contribution in [2.24, 2.45) is 10.9 Å². The van der Waals surface area contributed by atoms with Crippen molar-refractivity contribution in [3.05, 3.63) is 22.4 Å². The molecule has 0 atom stereocenters. The quantitative estimate of drug-likeness (QED) is 0.644. The van der Waals surface area contributed by atoms with E-state index >= 15 is 0 Å². The van der Waals surface area contributed by atoms with E-state index in [1.165, 1.54) is 5.56 Å². The Labute approximate surface area is 136 Å². The molecule has 2 rings (SSSR count). The zero-order chi connectivity index (χ0) is 15.8. The lowest BCUT2D eigenvalue weighted by atomic mass is 9.93. The summed E-state index contributed by atoms with van der Waals surface area (Å²) in [6.07, 6.45) is 2.75. The minimum atomic E-state index is 0.150. The molecule has 0 bridgehead atoms. The monoisotopic (exact) mass is 322 g/mol. The fourth-order valence-electron chi connectivity index (χ4n) is 2.69. The number of nitrogens with one attached hydrogen (secondary N) is 2. The topological polar surface area (TPSA) is 56.7 Å². The number of aliphatic imine (C=N–C) groups is 1. The summed E-state index contributed by atoms with van der Waals surface area (Å²) >= 11 is 1.71. The van der Waals surface area contributed by atoms with Crippen LogP contribution < -0.4 is 10.6 Å². The molecule has 0 aliphatic carbocycles. The maximum Gasteiger partial charge on any atom is 0.220 e. The summed E-state index contributed by atoms with van der Waals surface area (Å²) in [5.74, 6) is 1.64. The first kappa shape index (κ1) is 16.8. The molecule has 6 heteroatoms. The number of likely N-dealkylation sites (tertiary alicyclic amines) is 1. The van der Waals surface area contributed by atoms with Crippen LogP contribution in [0.2, 0.25) is 0 Å². The molecule has 1 aliphatic rings. The predicted octanol–water partition coefficient (Wildman–Crippen LogP) is 2.06. The smallest absolute Gasteiger partial charge is 0.220 e. The second kappa shape index (κ2) is 8.78. The molecule has 0 aromatic carbocycles. The second-order valence-electron chi connectivity index (χ2n) is 5.61. The molecule has 1 aromatic heterocycles. The molecule has 0 spiro atoms. The molecular formula is C16H26N4OS. The highest BCUT2D eigenvalue weighted by molar-refractivity contribution is 7.07. The first-order valence-corrected chi connectivity index (χ1v) is 8.92. The van der Waals surface area contributed by atoms with Gasteiger partial charge in [-0.3, -0.25) is 4.79 Å². The van der Waals surface area contributed by atoms with Gasteiger partial charge in [-0.25, -0.2) is 4.99 Å². The van der Waals surface area contributed by atoms with Crippen molar-refractivity contribution in [1.82, 2.24) is 15.5 Å². The summed E-state index contributed by atoms with van der Waals surface area (Å²) in [6.45, 7) is 5.64. The third-order valence-electron chi connectivity index (χ3n) is 3.99. The Kier molecular flexibility index (Phi) is 6.71. The number of carbonyl (C=O) groups excluding carboxylic acids is 1. The molecule has 0 saturated carbocycles. The Morgan fingerprint density at radius 3 is 2.82 bits per heavy atom. The molecule has 5 nitrogen and oxygen atoms in total. The van der Waals surface area contributed by atoms with Crippen LogP contribution in [-0.4, -0.2) is 43.4 Å². The van der Waals surface area contributed by atoms with Crippen LogP contribution in [0.1, 0.15) is 31.7 Å². The van der Waals surface area contributed by atoms with Crippen molar-refractivity contribution in [3.63, 3.8) is 0 Å². The van der Waals surface area contributed by atoms with Crippen molar-refractivity contribution < 1.29 is 4.79 Å². The normalized spacial score (nSPS) is 16.6. The van der Waals surface area contributed by atoms with Gasteiger partial charge in [0.25, 0.3) is 0 Å². The standard InChI is InChI=1S/C16H26N4OS/c1-3-18-16(19-11-14-6-9-22-12-14)20-7-4-13(5-8-20)10-15(21)17-2/h6,9,12-13H,3-5,7-8,10-11H2,1-2H3,(H,17,21)(H,18,19). The van der Waals surface area contributed by atoms with Gasteiger partial charge in [0.05, 0.1) is 6.54 Å². The van der Waals surface area contributed by atoms with Crippen LogP contribution in [-0.2, 0) is 11.3 Å². The molecule has 1 saturated heterocycles. The van der Waals surface area contributed by atoms with Crippen LogP contribution in [0, 0.1) is 5.92 Å². The molecule has 0 radical (unpaired) electrons. The summed E-state index contributed by atoms with van der Waals surface area (Å²) < 4.78 is 0. The van der Waals surface area contributed by atoms with Crippen LogP contribution >= 0.6 is 11.3 Å². The Hall–Kier alpha value is -1.56. The summed E-state index contributed by atoms with van der Waals surface area (Å²) in [7, 11) is 1.71. The second-order valence-corrected chi connectivity index (χ2v) is 6.39. The van der Waals surface area contributed by atoms with E-state index in [9.17, 15) is 4.79 Å². The fourth-order valence-corrected chi connectivity index (χ4v) is 3.35. The van der Waals surface area contributed by atoms with Gasteiger partial charge in [-0.15, -0.1) is 0 Å². The first-order valence-electron chi connectivity index (χ1n) is 7.97. The predicted molar refractivity (Wildman–Crippen MR) is 92.1 cm³/mol. The summed E-state index contributed by atoms with van der Waals surface area (Å²) in [4.78, 5) is 18.5. The van der Waals surface area contributed by atoms with Gasteiger partial charge in [0.15, 0.2) is 5.96 Å². The van der Waals surface area contributed by atoms with E-state index in [1.807, 2.05) is 0 Å². The number of carbonyl (C=O) groups is 1. The van der Waals surface area contributed by atoms with Gasteiger partial charge >= 0.3 is 0 Å². The molecule has 2 heterocycles. The lowest BCUT2D eigenvalue weighted by molar-refractivity contribution is -0.121. The van der Waals surface area contributed by atoms with Crippen molar-refractivity contribution in [2.75, 3.05) is 26.7 Å². The van der Waals surface area contributed by atoms with E-state index in [2.05, 4.69) is 39.3 Å². The Morgan fingerprint density at radius 1 is 1.45 bits per heavy atom. The Bertz CT molecular complexity index is 478. The Balaban J connectivity index is 1.87. The molecule has 1 aliphatic heterocycles. The maximum atomic E-state index is 11.5. The zero-order valence-electron chi connectivity index (χ0n) is 13.5. The number of hydrogen-bond donors (Lipinski definition) is 2. The van der Waals surface area contributed by atoms with Gasteiger partial charge in [0.2, 0.25) is 5.91 Å². The average Bonchev–Trinajstić information content (AvgIpc) is 3.05. The van der Waals surface area contributed by atoms with Gasteiger partial charge in [-0.2, -0.15) is 11.3 Å². The number of piperidine rings is 1. The summed E-state index contributed by atoms with van der Waals surface area (Å²) in [5.41, 5.74) is 1.26. The minimum Gasteiger partial charge on any atom is -0.359 e. The highest BCUT2D eigenvalue weighted by atomic mass is 32.1. The van der Waals surface area contributed by atoms with Crippen molar-refractivity contribution >= 4 is 23.2 Å². The number of guanidine groups is 1. The zero-order valence-corrected chi connectivity index (χ0v) is 14.3. The number of hydrogen-bond acceptors (Lipinski definition) is 3. The highest BCUT2D eigenvalue weighted by Crippen LogP contribution is 2.20. The van der Waals surface area contributed by atoms with Crippen LogP contribution in [0.25, 0.3) is 0 Å². The lowest BCUT2D eigenvalue weighted by Gasteiger charge is -2.34. The number of nitrogens with zero attached hydrogens (tertiary/aromatic N) is 2. The third-order valence-corrected chi connectivity index (χ3v) is 4.73. The summed E-state index contributed by atoms with van der Waals surface area (Å²) in [5, 5.41) is 10.3. The van der Waals surface area contributed by atoms with E-state index < -0.39 is 0 Å². The number of rotatable bonds is 5. The molecule has 1 fully saturated rings. The van der Waals surface area contributed by atoms with Crippen molar-refractivity contribution in [1.29, 1.82) is 0 Å². The van der Waals surface area contributed by atoms with Gasteiger partial charge in [-0.05, 0) is 48.1 Å². The molecule has 1 aromatic rings. The molecule has 2 N–H and O–H groups in total. The molecule has 122 valence electrons. The van der Waals surface area contributed by atoms with E-state index in [1.54, 1.807) is 18.4 Å². The maximum absolute atomic E-state index is 11.5. The first-order chi connectivity index (χ1) is 10.7. The van der Waals surface area contributed by atoms with E-state index in [4.69, 9.17) is 4.99 Å². The lowest BCUT2D eigenvalue weighted by Crippen LogP contribution is -2.46. The van der Waals surface area contributed by atoms with Crippen LogP contribution in [0.15, 0.2) is 21.8 Å². The number of amides is 1. The largest absolute Gasteiger partial charge is 0.359 e. The summed E-state index contributed by atoms with van der Waals surface area (Å²) in [6, 6.07) is 2.12. The molecular weight excluding hydrogens is 296 g/mol. The minimum absolute atomic E-state index is 0.150. The molecule has 1 amide bonds. The average molecular weight is 322 g/mol. The molecule has 0 unspecified atom stereocenters. The van der Waals surface area contributed by atoms with Crippen LogP contribution in [0.3, 0.4) is 0 Å². The third kappa shape index (κ3) is 5.02. The Morgan fingerprint density at radius 2 is 2.23 bits per heavy atom. The SMILES string of the molecule is CCNC(=NCc1ccsc1)N1CCC(CC(=O)NC)CC1. The highest BCUT2D eigenvalue weighted by Gasteiger charge is 2.22. The van der Waals surface area contributed by atoms with E-state index in [-0.39, 0.29) is 5.91 Å². The van der Waals surface area contributed by atoms with Crippen molar-refractivity contribution in [3.8, 4) is 0 Å². The van der Waals surface area contributed by atoms with Gasteiger partial charge in [0, 0.05) is 33.1 Å². The van der Waals surface area contributed by atoms with Gasteiger partial charge in [-0.1, -0.05) is 0 Å². The van der Waals surface area contributed by atoms with Crippen LogP contribution in [0.5, 0.6) is 0 Å². The number of thiophene rings is 1. The molecule has 22 heavy (non-hydrogen) atoms. The van der Waals surface area contributed by atoms with E-state index in [0.29, 0.717) is 12.3 Å².